The van der Waals surface area contributed by atoms with Crippen LogP contribution in [0.25, 0.3) is 0 Å². The lowest BCUT2D eigenvalue weighted by molar-refractivity contribution is -0.161. The van der Waals surface area contributed by atoms with E-state index in [1.165, 1.54) is 103 Å². The molecule has 0 aliphatic heterocycles. The Hall–Kier alpha value is -1.77. The molecule has 10 heteroatoms. The number of phosphoric acid groups is 1. The van der Waals surface area contributed by atoms with E-state index in [2.05, 4.69) is 50.3 Å². The smallest absolute Gasteiger partial charge is 0.462 e. The predicted molar refractivity (Wildman–Crippen MR) is 229 cm³/mol. The van der Waals surface area contributed by atoms with Gasteiger partial charge < -0.3 is 20.1 Å². The average molecular weight is 798 g/mol. The fourth-order valence-corrected chi connectivity index (χ4v) is 7.00. The molecule has 0 radical (unpaired) electrons. The molecule has 0 bridgehead atoms. The van der Waals surface area contributed by atoms with Crippen LogP contribution in [0.5, 0.6) is 0 Å². The van der Waals surface area contributed by atoms with E-state index < -0.39 is 26.5 Å². The van der Waals surface area contributed by atoms with Crippen LogP contribution in [0, 0.1) is 0 Å². The number of nitrogens with two attached hydrogens (primary N) is 1. The van der Waals surface area contributed by atoms with Crippen molar-refractivity contribution < 1.29 is 37.6 Å². The summed E-state index contributed by atoms with van der Waals surface area (Å²) < 4.78 is 32.8. The van der Waals surface area contributed by atoms with Crippen molar-refractivity contribution in [1.82, 2.24) is 0 Å². The summed E-state index contributed by atoms with van der Waals surface area (Å²) in [6.07, 6.45) is 46.1. The summed E-state index contributed by atoms with van der Waals surface area (Å²) in [6, 6.07) is 0. The molecule has 0 heterocycles. The number of ether oxygens (including phenoxy) is 2. The average Bonchev–Trinajstić information content (AvgIpc) is 3.17. The van der Waals surface area contributed by atoms with Crippen LogP contribution < -0.4 is 5.73 Å². The van der Waals surface area contributed by atoms with Crippen molar-refractivity contribution in [3.05, 3.63) is 36.5 Å². The largest absolute Gasteiger partial charge is 0.472 e. The third-order valence-corrected chi connectivity index (χ3v) is 10.5. The van der Waals surface area contributed by atoms with Gasteiger partial charge in [0.15, 0.2) is 6.10 Å². The van der Waals surface area contributed by atoms with Crippen molar-refractivity contribution in [3.8, 4) is 0 Å². The maximum atomic E-state index is 12.6. The first-order valence-electron chi connectivity index (χ1n) is 22.5. The minimum atomic E-state index is -4.38. The van der Waals surface area contributed by atoms with E-state index >= 15 is 0 Å². The maximum absolute atomic E-state index is 12.6. The Balaban J connectivity index is 4.10. The number of esters is 2. The number of hydrogen-bond acceptors (Lipinski definition) is 8. The highest BCUT2D eigenvalue weighted by Crippen LogP contribution is 2.43. The van der Waals surface area contributed by atoms with Gasteiger partial charge in [-0.05, 0) is 44.9 Å². The summed E-state index contributed by atoms with van der Waals surface area (Å²) in [5.41, 5.74) is 5.35. The van der Waals surface area contributed by atoms with Crippen LogP contribution in [0.3, 0.4) is 0 Å². The number of rotatable bonds is 42. The van der Waals surface area contributed by atoms with E-state index in [1.807, 2.05) is 0 Å². The van der Waals surface area contributed by atoms with E-state index in [-0.39, 0.29) is 38.6 Å². The van der Waals surface area contributed by atoms with E-state index in [9.17, 15) is 19.0 Å². The first-order valence-corrected chi connectivity index (χ1v) is 24.0. The van der Waals surface area contributed by atoms with Gasteiger partial charge >= 0.3 is 19.8 Å². The Bertz CT molecular complexity index is 1000. The number of carbonyl (C=O) groups is 2. The summed E-state index contributed by atoms with van der Waals surface area (Å²) in [5, 5.41) is 0. The lowest BCUT2D eigenvalue weighted by Gasteiger charge is -2.19. The van der Waals surface area contributed by atoms with E-state index in [0.717, 1.165) is 70.6 Å². The zero-order valence-corrected chi connectivity index (χ0v) is 36.3. The van der Waals surface area contributed by atoms with Gasteiger partial charge in [0.2, 0.25) is 0 Å². The second-order valence-corrected chi connectivity index (χ2v) is 16.3. The summed E-state index contributed by atoms with van der Waals surface area (Å²) in [4.78, 5) is 34.9. The Morgan fingerprint density at radius 3 is 1.49 bits per heavy atom. The van der Waals surface area contributed by atoms with Crippen molar-refractivity contribution in [2.24, 2.45) is 5.73 Å². The van der Waals surface area contributed by atoms with E-state index in [0.29, 0.717) is 6.42 Å². The van der Waals surface area contributed by atoms with Gasteiger partial charge in [-0.15, -0.1) is 0 Å². The normalized spacial score (nSPS) is 13.6. The molecule has 2 unspecified atom stereocenters. The molecule has 0 saturated heterocycles. The van der Waals surface area contributed by atoms with Crippen molar-refractivity contribution in [2.45, 2.75) is 213 Å². The predicted octanol–water partition coefficient (Wildman–Crippen LogP) is 12.9. The number of allylic oxidation sites excluding steroid dienone is 6. The third-order valence-electron chi connectivity index (χ3n) is 9.54. The molecule has 2 atom stereocenters. The summed E-state index contributed by atoms with van der Waals surface area (Å²) >= 11 is 0. The van der Waals surface area contributed by atoms with Crippen LogP contribution in [0.15, 0.2) is 36.5 Å². The van der Waals surface area contributed by atoms with Gasteiger partial charge in [-0.1, -0.05) is 185 Å². The zero-order valence-electron chi connectivity index (χ0n) is 35.4. The standard InChI is InChI=1S/C45H84NO8P/c1-3-5-7-9-11-13-15-17-19-20-21-22-24-25-27-29-31-33-35-37-44(47)51-41-43(42-53-55(49,50)52-40-39-46)54-45(48)38-36-34-32-30-28-26-23-18-16-14-12-10-8-6-4-2/h6,8,12,14,18,23,43H,3-5,7,9-11,13,15-17,19-22,24-42,46H2,1-2H3,(H,49,50)/b8-6-,14-12-,23-18-. The monoisotopic (exact) mass is 798 g/mol. The molecule has 0 aliphatic rings. The highest BCUT2D eigenvalue weighted by atomic mass is 31.2. The van der Waals surface area contributed by atoms with Crippen molar-refractivity contribution in [1.29, 1.82) is 0 Å². The quantitative estimate of drug-likeness (QED) is 0.0268. The lowest BCUT2D eigenvalue weighted by Crippen LogP contribution is -2.29. The molecule has 0 aromatic rings. The summed E-state index contributed by atoms with van der Waals surface area (Å²) in [5.74, 6) is -0.842. The Morgan fingerprint density at radius 1 is 0.564 bits per heavy atom. The van der Waals surface area contributed by atoms with Gasteiger partial charge in [0, 0.05) is 19.4 Å². The molecule has 0 spiro atoms. The molecule has 0 aromatic heterocycles. The van der Waals surface area contributed by atoms with E-state index in [1.54, 1.807) is 0 Å². The van der Waals surface area contributed by atoms with Crippen LogP contribution in [-0.4, -0.2) is 49.3 Å². The van der Waals surface area contributed by atoms with Crippen LogP contribution >= 0.6 is 7.82 Å². The Morgan fingerprint density at radius 2 is 1.00 bits per heavy atom. The van der Waals surface area contributed by atoms with Crippen molar-refractivity contribution in [3.63, 3.8) is 0 Å². The number of phosphoric ester groups is 1. The third kappa shape index (κ3) is 41.7. The molecule has 0 rings (SSSR count). The van der Waals surface area contributed by atoms with Gasteiger partial charge in [-0.25, -0.2) is 4.57 Å². The molecule has 0 aliphatic carbocycles. The Kier molecular flexibility index (Phi) is 40.5. The minimum Gasteiger partial charge on any atom is -0.462 e. The molecular weight excluding hydrogens is 713 g/mol. The minimum absolute atomic E-state index is 0.0507. The first-order chi connectivity index (χ1) is 26.8. The second-order valence-electron chi connectivity index (χ2n) is 14.9. The number of unbranched alkanes of at least 4 members (excludes halogenated alkanes) is 23. The summed E-state index contributed by atoms with van der Waals surface area (Å²) in [6.45, 7) is 3.62. The zero-order chi connectivity index (χ0) is 40.3. The topological polar surface area (TPSA) is 134 Å². The van der Waals surface area contributed by atoms with Crippen LogP contribution in [0.2, 0.25) is 0 Å². The molecular formula is C45H84NO8P. The summed E-state index contributed by atoms with van der Waals surface area (Å²) in [7, 11) is -4.38. The maximum Gasteiger partial charge on any atom is 0.472 e. The fraction of sp³-hybridized carbons (Fsp3) is 0.822. The Labute approximate surface area is 337 Å². The van der Waals surface area contributed by atoms with Gasteiger partial charge in [-0.3, -0.25) is 18.6 Å². The molecule has 0 saturated carbocycles. The van der Waals surface area contributed by atoms with Gasteiger partial charge in [0.25, 0.3) is 0 Å². The van der Waals surface area contributed by atoms with Crippen molar-refractivity contribution >= 4 is 19.8 Å². The lowest BCUT2D eigenvalue weighted by atomic mass is 10.0. The van der Waals surface area contributed by atoms with E-state index in [4.69, 9.17) is 24.3 Å². The van der Waals surface area contributed by atoms with Crippen molar-refractivity contribution in [2.75, 3.05) is 26.4 Å². The molecule has 0 aromatic carbocycles. The van der Waals surface area contributed by atoms with Crippen LogP contribution in [0.1, 0.15) is 206 Å². The number of hydrogen-bond donors (Lipinski definition) is 2. The molecule has 322 valence electrons. The fourth-order valence-electron chi connectivity index (χ4n) is 6.24. The highest BCUT2D eigenvalue weighted by Gasteiger charge is 2.26. The van der Waals surface area contributed by atoms with Gasteiger partial charge in [-0.2, -0.15) is 0 Å². The molecule has 3 N–H and O–H groups in total. The molecule has 9 nitrogen and oxygen atoms in total. The SMILES string of the molecule is CC/C=C\C/C=C\C/C=C\CCCCCCCC(=O)OC(COC(=O)CCCCCCCCCCCCCCCCCCCCC)COP(=O)(O)OCCN. The van der Waals surface area contributed by atoms with Gasteiger partial charge in [0.05, 0.1) is 13.2 Å². The molecule has 55 heavy (non-hydrogen) atoms. The number of carbonyl (C=O) groups excluding carboxylic acids is 2. The highest BCUT2D eigenvalue weighted by molar-refractivity contribution is 7.47. The van der Waals surface area contributed by atoms with Gasteiger partial charge in [0.1, 0.15) is 6.61 Å². The second kappa shape index (κ2) is 41.9. The first kappa shape index (κ1) is 53.2. The molecule has 0 fully saturated rings. The molecule has 0 amide bonds. The van der Waals surface area contributed by atoms with Crippen LogP contribution in [0.4, 0.5) is 0 Å². The van der Waals surface area contributed by atoms with Crippen LogP contribution in [-0.2, 0) is 32.7 Å².